The minimum atomic E-state index is -0.275. The standard InChI is InChI=1S/C20H27N3O3/c1-2-3-7-13-25-17-12-8-11-16(14-17)18(24)21-20-23-22-19(26-20)15-9-5-4-6-10-15/h8,11-12,14-15H,2-7,9-10,13H2,1H3,(H,21,23,24). The van der Waals surface area contributed by atoms with Gasteiger partial charge in [-0.25, -0.2) is 0 Å². The molecule has 6 nitrogen and oxygen atoms in total. The minimum Gasteiger partial charge on any atom is -0.494 e. The lowest BCUT2D eigenvalue weighted by atomic mass is 9.89. The Morgan fingerprint density at radius 2 is 2.08 bits per heavy atom. The van der Waals surface area contributed by atoms with E-state index in [4.69, 9.17) is 9.15 Å². The maximum Gasteiger partial charge on any atom is 0.322 e. The topological polar surface area (TPSA) is 77.2 Å². The van der Waals surface area contributed by atoms with Crippen LogP contribution in [0.25, 0.3) is 0 Å². The summed E-state index contributed by atoms with van der Waals surface area (Å²) in [5.74, 6) is 1.37. The number of nitrogens with one attached hydrogen (secondary N) is 1. The molecule has 1 aromatic heterocycles. The second-order valence-corrected chi connectivity index (χ2v) is 6.82. The molecule has 1 saturated carbocycles. The van der Waals surface area contributed by atoms with Gasteiger partial charge in [-0.3, -0.25) is 10.1 Å². The lowest BCUT2D eigenvalue weighted by Gasteiger charge is -2.17. The van der Waals surface area contributed by atoms with Gasteiger partial charge in [-0.2, -0.15) is 0 Å². The highest BCUT2D eigenvalue weighted by Gasteiger charge is 2.22. The summed E-state index contributed by atoms with van der Waals surface area (Å²) in [4.78, 5) is 12.4. The highest BCUT2D eigenvalue weighted by atomic mass is 16.5. The van der Waals surface area contributed by atoms with Crippen molar-refractivity contribution >= 4 is 11.9 Å². The van der Waals surface area contributed by atoms with Gasteiger partial charge in [0.2, 0.25) is 5.89 Å². The molecule has 0 atom stereocenters. The van der Waals surface area contributed by atoms with E-state index in [0.29, 0.717) is 29.7 Å². The Bertz CT molecular complexity index is 708. The summed E-state index contributed by atoms with van der Waals surface area (Å²) in [6.07, 6.45) is 9.11. The summed E-state index contributed by atoms with van der Waals surface area (Å²) in [6, 6.07) is 7.30. The van der Waals surface area contributed by atoms with Crippen molar-refractivity contribution in [3.8, 4) is 5.75 Å². The molecule has 140 valence electrons. The second kappa shape index (κ2) is 9.36. The van der Waals surface area contributed by atoms with E-state index in [-0.39, 0.29) is 11.9 Å². The van der Waals surface area contributed by atoms with Gasteiger partial charge in [0, 0.05) is 11.5 Å². The molecule has 1 heterocycles. The van der Waals surface area contributed by atoms with Gasteiger partial charge < -0.3 is 9.15 Å². The zero-order valence-electron chi connectivity index (χ0n) is 15.4. The third kappa shape index (κ3) is 5.07. The van der Waals surface area contributed by atoms with Crippen LogP contribution in [0, 0.1) is 0 Å². The zero-order chi connectivity index (χ0) is 18.2. The van der Waals surface area contributed by atoms with E-state index >= 15 is 0 Å². The average molecular weight is 357 g/mol. The fourth-order valence-corrected chi connectivity index (χ4v) is 3.24. The number of anilines is 1. The highest BCUT2D eigenvalue weighted by molar-refractivity contribution is 6.03. The molecule has 3 rings (SSSR count). The van der Waals surface area contributed by atoms with Crippen molar-refractivity contribution in [1.29, 1.82) is 0 Å². The van der Waals surface area contributed by atoms with Gasteiger partial charge in [0.1, 0.15) is 5.75 Å². The number of unbranched alkanes of at least 4 members (excludes halogenated alkanes) is 2. The summed E-state index contributed by atoms with van der Waals surface area (Å²) in [5, 5.41) is 10.8. The molecule has 0 unspecified atom stereocenters. The summed E-state index contributed by atoms with van der Waals surface area (Å²) in [7, 11) is 0. The molecule has 1 aliphatic carbocycles. The van der Waals surface area contributed by atoms with Crippen LogP contribution >= 0.6 is 0 Å². The molecule has 0 saturated heterocycles. The molecule has 6 heteroatoms. The molecule has 2 aromatic rings. The van der Waals surface area contributed by atoms with Crippen LogP contribution in [0.2, 0.25) is 0 Å². The van der Waals surface area contributed by atoms with E-state index in [1.807, 2.05) is 12.1 Å². The van der Waals surface area contributed by atoms with Crippen molar-refractivity contribution in [1.82, 2.24) is 10.2 Å². The summed E-state index contributed by atoms with van der Waals surface area (Å²) >= 11 is 0. The molecule has 1 fully saturated rings. The number of rotatable bonds is 8. The van der Waals surface area contributed by atoms with E-state index in [1.54, 1.807) is 12.1 Å². The van der Waals surface area contributed by atoms with Gasteiger partial charge in [-0.1, -0.05) is 50.2 Å². The van der Waals surface area contributed by atoms with Gasteiger partial charge in [0.15, 0.2) is 0 Å². The normalized spacial score (nSPS) is 15.0. The maximum absolute atomic E-state index is 12.4. The molecule has 1 aliphatic rings. The SMILES string of the molecule is CCCCCOc1cccc(C(=O)Nc2nnc(C3CCCCC3)o2)c1. The second-order valence-electron chi connectivity index (χ2n) is 6.82. The quantitative estimate of drug-likeness (QED) is 0.677. The zero-order valence-corrected chi connectivity index (χ0v) is 15.4. The van der Waals surface area contributed by atoms with Crippen molar-refractivity contribution in [3.63, 3.8) is 0 Å². The molecule has 0 spiro atoms. The monoisotopic (exact) mass is 357 g/mol. The Morgan fingerprint density at radius 3 is 2.88 bits per heavy atom. The van der Waals surface area contributed by atoms with E-state index < -0.39 is 0 Å². The first-order chi connectivity index (χ1) is 12.8. The van der Waals surface area contributed by atoms with Crippen molar-refractivity contribution in [2.45, 2.75) is 64.2 Å². The van der Waals surface area contributed by atoms with Crippen LogP contribution in [0.4, 0.5) is 6.01 Å². The maximum atomic E-state index is 12.4. The lowest BCUT2D eigenvalue weighted by molar-refractivity contribution is 0.102. The number of ether oxygens (including phenoxy) is 1. The molecule has 0 aliphatic heterocycles. The first-order valence-electron chi connectivity index (χ1n) is 9.64. The molecule has 1 amide bonds. The fourth-order valence-electron chi connectivity index (χ4n) is 3.24. The van der Waals surface area contributed by atoms with Crippen LogP contribution in [-0.4, -0.2) is 22.7 Å². The summed E-state index contributed by atoms with van der Waals surface area (Å²) in [6.45, 7) is 2.81. The van der Waals surface area contributed by atoms with Crippen molar-refractivity contribution < 1.29 is 13.9 Å². The number of nitrogens with zero attached hydrogens (tertiary/aromatic N) is 2. The van der Waals surface area contributed by atoms with Gasteiger partial charge in [-0.15, -0.1) is 5.10 Å². The number of benzene rings is 1. The van der Waals surface area contributed by atoms with Crippen LogP contribution in [0.5, 0.6) is 5.75 Å². The number of carbonyl (C=O) groups is 1. The van der Waals surface area contributed by atoms with Crippen LogP contribution in [0.1, 0.15) is 80.5 Å². The van der Waals surface area contributed by atoms with E-state index in [1.165, 1.54) is 19.3 Å². The van der Waals surface area contributed by atoms with E-state index in [2.05, 4.69) is 22.4 Å². The van der Waals surface area contributed by atoms with Gasteiger partial charge in [-0.05, 0) is 37.5 Å². The summed E-state index contributed by atoms with van der Waals surface area (Å²) in [5.41, 5.74) is 0.510. The number of hydrogen-bond donors (Lipinski definition) is 1. The fraction of sp³-hybridized carbons (Fsp3) is 0.550. The van der Waals surface area contributed by atoms with Crippen LogP contribution in [-0.2, 0) is 0 Å². The lowest BCUT2D eigenvalue weighted by Crippen LogP contribution is -2.12. The Labute approximate surface area is 154 Å². The van der Waals surface area contributed by atoms with Crippen molar-refractivity contribution in [2.75, 3.05) is 11.9 Å². The smallest absolute Gasteiger partial charge is 0.322 e. The Balaban J connectivity index is 1.57. The minimum absolute atomic E-state index is 0.157. The third-order valence-corrected chi connectivity index (χ3v) is 4.73. The van der Waals surface area contributed by atoms with Gasteiger partial charge in [0.25, 0.3) is 5.91 Å². The Morgan fingerprint density at radius 1 is 1.23 bits per heavy atom. The molecule has 0 radical (unpaired) electrons. The first kappa shape index (κ1) is 18.4. The van der Waals surface area contributed by atoms with Gasteiger partial charge >= 0.3 is 6.01 Å². The molecular weight excluding hydrogens is 330 g/mol. The number of hydrogen-bond acceptors (Lipinski definition) is 5. The van der Waals surface area contributed by atoms with E-state index in [9.17, 15) is 4.79 Å². The van der Waals surface area contributed by atoms with Crippen LogP contribution < -0.4 is 10.1 Å². The van der Waals surface area contributed by atoms with Crippen LogP contribution in [0.3, 0.4) is 0 Å². The predicted molar refractivity (Wildman–Crippen MR) is 99.5 cm³/mol. The number of aromatic nitrogens is 2. The Hall–Kier alpha value is -2.37. The average Bonchev–Trinajstić information content (AvgIpc) is 3.15. The molecule has 26 heavy (non-hydrogen) atoms. The van der Waals surface area contributed by atoms with Gasteiger partial charge in [0.05, 0.1) is 6.61 Å². The first-order valence-corrected chi connectivity index (χ1v) is 9.64. The Kier molecular flexibility index (Phi) is 6.63. The highest BCUT2D eigenvalue weighted by Crippen LogP contribution is 2.32. The largest absolute Gasteiger partial charge is 0.494 e. The third-order valence-electron chi connectivity index (χ3n) is 4.73. The van der Waals surface area contributed by atoms with Crippen molar-refractivity contribution in [2.24, 2.45) is 0 Å². The predicted octanol–water partition coefficient (Wildman–Crippen LogP) is 4.94. The molecular formula is C20H27N3O3. The molecule has 1 aromatic carbocycles. The number of amides is 1. The van der Waals surface area contributed by atoms with Crippen molar-refractivity contribution in [3.05, 3.63) is 35.7 Å². The van der Waals surface area contributed by atoms with Crippen LogP contribution in [0.15, 0.2) is 28.7 Å². The van der Waals surface area contributed by atoms with E-state index in [0.717, 1.165) is 32.1 Å². The number of carbonyl (C=O) groups excluding carboxylic acids is 1. The summed E-state index contributed by atoms with van der Waals surface area (Å²) < 4.78 is 11.4. The molecule has 1 N–H and O–H groups in total. The molecule has 0 bridgehead atoms.